The number of methoxy groups -OCH3 is 1. The second-order valence-electron chi connectivity index (χ2n) is 6.49. The number of piperidine rings is 1. The molecule has 2 N–H and O–H groups in total. The number of aromatic amines is 1. The number of pyridine rings is 1. The standard InChI is InChI=1S/C20H22N4O/c1-25-19-7-6-18(14-22-19)20(8-10-21-11-9-20)17-4-2-15(3-5-17)16-12-23-24-13-16/h2-7,12-14,21H,8-11H2,1H3,(H,23,24). The van der Waals surface area contributed by atoms with E-state index in [4.69, 9.17) is 4.74 Å². The van der Waals surface area contributed by atoms with Crippen molar-refractivity contribution in [1.82, 2.24) is 20.5 Å². The van der Waals surface area contributed by atoms with Gasteiger partial charge in [0.15, 0.2) is 0 Å². The number of H-pyrrole nitrogens is 1. The minimum absolute atomic E-state index is 0.000548. The van der Waals surface area contributed by atoms with Crippen LogP contribution in [0.4, 0.5) is 0 Å². The van der Waals surface area contributed by atoms with Gasteiger partial charge in [0.25, 0.3) is 0 Å². The van der Waals surface area contributed by atoms with Crippen LogP contribution in [-0.2, 0) is 5.41 Å². The predicted molar refractivity (Wildman–Crippen MR) is 97.7 cm³/mol. The first kappa shape index (κ1) is 15.8. The minimum Gasteiger partial charge on any atom is -0.481 e. The van der Waals surface area contributed by atoms with Crippen LogP contribution in [0.3, 0.4) is 0 Å². The molecule has 0 bridgehead atoms. The first-order valence-electron chi connectivity index (χ1n) is 8.63. The van der Waals surface area contributed by atoms with Crippen molar-refractivity contribution in [2.75, 3.05) is 20.2 Å². The van der Waals surface area contributed by atoms with Gasteiger partial charge in [0.05, 0.1) is 13.3 Å². The summed E-state index contributed by atoms with van der Waals surface area (Å²) in [6.45, 7) is 2.02. The molecule has 3 aromatic rings. The Morgan fingerprint density at radius 2 is 1.68 bits per heavy atom. The molecule has 3 heterocycles. The van der Waals surface area contributed by atoms with Crippen molar-refractivity contribution >= 4 is 0 Å². The average molecular weight is 334 g/mol. The van der Waals surface area contributed by atoms with Crippen molar-refractivity contribution in [3.8, 4) is 17.0 Å². The maximum Gasteiger partial charge on any atom is 0.212 e. The summed E-state index contributed by atoms with van der Waals surface area (Å²) in [6.07, 6.45) is 7.86. The molecule has 0 radical (unpaired) electrons. The number of rotatable bonds is 4. The topological polar surface area (TPSA) is 62.8 Å². The first-order valence-corrected chi connectivity index (χ1v) is 8.63. The molecule has 0 saturated carbocycles. The zero-order valence-electron chi connectivity index (χ0n) is 14.3. The number of ether oxygens (including phenoxy) is 1. The summed E-state index contributed by atoms with van der Waals surface area (Å²) in [4.78, 5) is 4.45. The molecule has 1 aromatic carbocycles. The van der Waals surface area contributed by atoms with Crippen LogP contribution in [0.2, 0.25) is 0 Å². The molecule has 25 heavy (non-hydrogen) atoms. The summed E-state index contributed by atoms with van der Waals surface area (Å²) in [5.41, 5.74) is 4.88. The highest BCUT2D eigenvalue weighted by Crippen LogP contribution is 2.40. The molecule has 1 aliphatic rings. The van der Waals surface area contributed by atoms with Gasteiger partial charge < -0.3 is 10.1 Å². The molecular formula is C20H22N4O. The van der Waals surface area contributed by atoms with Gasteiger partial charge in [-0.25, -0.2) is 4.98 Å². The van der Waals surface area contributed by atoms with Crippen LogP contribution in [0.25, 0.3) is 11.1 Å². The Bertz CT molecular complexity index is 804. The number of hydrogen-bond donors (Lipinski definition) is 2. The Morgan fingerprint density at radius 3 is 2.28 bits per heavy atom. The highest BCUT2D eigenvalue weighted by molar-refractivity contribution is 5.62. The SMILES string of the molecule is COc1ccc(C2(c3ccc(-c4cn[nH]c4)cc3)CCNCC2)cn1. The third kappa shape index (κ3) is 2.91. The van der Waals surface area contributed by atoms with Gasteiger partial charge in [-0.05, 0) is 42.6 Å². The number of aromatic nitrogens is 3. The number of hydrogen-bond acceptors (Lipinski definition) is 4. The zero-order chi connectivity index (χ0) is 17.1. The quantitative estimate of drug-likeness (QED) is 0.769. The van der Waals surface area contributed by atoms with E-state index in [1.54, 1.807) is 7.11 Å². The molecule has 5 heteroatoms. The second-order valence-corrected chi connectivity index (χ2v) is 6.49. The molecule has 1 aliphatic heterocycles. The maximum absolute atomic E-state index is 5.22. The first-order chi connectivity index (χ1) is 12.3. The van der Waals surface area contributed by atoms with Crippen molar-refractivity contribution < 1.29 is 4.74 Å². The van der Waals surface area contributed by atoms with Gasteiger partial charge in [0.2, 0.25) is 5.88 Å². The Balaban J connectivity index is 1.73. The van der Waals surface area contributed by atoms with Gasteiger partial charge in [-0.2, -0.15) is 5.10 Å². The summed E-state index contributed by atoms with van der Waals surface area (Å²) in [6, 6.07) is 13.0. The molecular weight excluding hydrogens is 312 g/mol. The number of nitrogens with one attached hydrogen (secondary N) is 2. The van der Waals surface area contributed by atoms with E-state index >= 15 is 0 Å². The van der Waals surface area contributed by atoms with Crippen LogP contribution in [0, 0.1) is 0 Å². The third-order valence-corrected chi connectivity index (χ3v) is 5.22. The Morgan fingerprint density at radius 1 is 0.920 bits per heavy atom. The number of benzene rings is 1. The van der Waals surface area contributed by atoms with Crippen LogP contribution in [0.5, 0.6) is 5.88 Å². The molecule has 1 saturated heterocycles. The fraction of sp³-hybridized carbons (Fsp3) is 0.300. The van der Waals surface area contributed by atoms with E-state index in [-0.39, 0.29) is 5.41 Å². The van der Waals surface area contributed by atoms with Crippen molar-refractivity contribution in [3.05, 3.63) is 66.1 Å². The van der Waals surface area contributed by atoms with E-state index in [2.05, 4.69) is 50.8 Å². The summed E-state index contributed by atoms with van der Waals surface area (Å²) in [7, 11) is 1.65. The molecule has 0 spiro atoms. The highest BCUT2D eigenvalue weighted by atomic mass is 16.5. The van der Waals surface area contributed by atoms with Crippen molar-refractivity contribution in [2.24, 2.45) is 0 Å². The molecule has 4 rings (SSSR count). The van der Waals surface area contributed by atoms with Crippen LogP contribution in [0.15, 0.2) is 55.0 Å². The van der Waals surface area contributed by atoms with E-state index in [1.165, 1.54) is 16.7 Å². The molecule has 0 aliphatic carbocycles. The van der Waals surface area contributed by atoms with Gasteiger partial charge in [0, 0.05) is 29.4 Å². The third-order valence-electron chi connectivity index (χ3n) is 5.22. The largest absolute Gasteiger partial charge is 0.481 e. The second kappa shape index (κ2) is 6.69. The lowest BCUT2D eigenvalue weighted by Crippen LogP contribution is -2.40. The van der Waals surface area contributed by atoms with Gasteiger partial charge in [0.1, 0.15) is 0 Å². The van der Waals surface area contributed by atoms with E-state index in [9.17, 15) is 0 Å². The molecule has 2 aromatic heterocycles. The van der Waals surface area contributed by atoms with Gasteiger partial charge in [-0.15, -0.1) is 0 Å². The fourth-order valence-electron chi connectivity index (χ4n) is 3.77. The number of nitrogens with zero attached hydrogens (tertiary/aromatic N) is 2. The molecule has 0 unspecified atom stereocenters. The average Bonchev–Trinajstić information content (AvgIpc) is 3.24. The lowest BCUT2D eigenvalue weighted by molar-refractivity contribution is 0.358. The monoisotopic (exact) mass is 334 g/mol. The lowest BCUT2D eigenvalue weighted by atomic mass is 9.68. The van der Waals surface area contributed by atoms with Crippen molar-refractivity contribution in [1.29, 1.82) is 0 Å². The molecule has 0 amide bonds. The maximum atomic E-state index is 5.22. The van der Waals surface area contributed by atoms with Crippen molar-refractivity contribution in [3.63, 3.8) is 0 Å². The van der Waals surface area contributed by atoms with Gasteiger partial charge in [-0.3, -0.25) is 5.10 Å². The van der Waals surface area contributed by atoms with Gasteiger partial charge in [-0.1, -0.05) is 30.3 Å². The molecule has 1 fully saturated rings. The predicted octanol–water partition coefficient (Wildman–Crippen LogP) is 3.15. The summed E-state index contributed by atoms with van der Waals surface area (Å²) >= 11 is 0. The molecule has 0 atom stereocenters. The molecule has 5 nitrogen and oxygen atoms in total. The van der Waals surface area contributed by atoms with E-state index in [0.717, 1.165) is 31.5 Å². The van der Waals surface area contributed by atoms with Crippen LogP contribution < -0.4 is 10.1 Å². The summed E-state index contributed by atoms with van der Waals surface area (Å²) in [5, 5.41) is 10.4. The van der Waals surface area contributed by atoms with E-state index in [1.807, 2.05) is 24.7 Å². The van der Waals surface area contributed by atoms with Crippen LogP contribution >= 0.6 is 0 Å². The normalized spacial score (nSPS) is 16.5. The Hall–Kier alpha value is -2.66. The fourth-order valence-corrected chi connectivity index (χ4v) is 3.77. The Kier molecular flexibility index (Phi) is 4.24. The van der Waals surface area contributed by atoms with E-state index < -0.39 is 0 Å². The lowest BCUT2D eigenvalue weighted by Gasteiger charge is -2.38. The van der Waals surface area contributed by atoms with Crippen molar-refractivity contribution in [2.45, 2.75) is 18.3 Å². The molecule has 128 valence electrons. The summed E-state index contributed by atoms with van der Waals surface area (Å²) < 4.78 is 5.22. The minimum atomic E-state index is -0.000548. The summed E-state index contributed by atoms with van der Waals surface area (Å²) in [5.74, 6) is 0.656. The smallest absolute Gasteiger partial charge is 0.212 e. The van der Waals surface area contributed by atoms with E-state index in [0.29, 0.717) is 5.88 Å². The highest BCUT2D eigenvalue weighted by Gasteiger charge is 2.36. The van der Waals surface area contributed by atoms with Crippen LogP contribution in [-0.4, -0.2) is 35.4 Å². The van der Waals surface area contributed by atoms with Crippen LogP contribution in [0.1, 0.15) is 24.0 Å². The van der Waals surface area contributed by atoms with Gasteiger partial charge >= 0.3 is 0 Å². The Labute approximate surface area is 147 Å². The zero-order valence-corrected chi connectivity index (χ0v) is 14.3.